The van der Waals surface area contributed by atoms with Crippen molar-refractivity contribution in [1.82, 2.24) is 4.90 Å². The van der Waals surface area contributed by atoms with Crippen LogP contribution >= 0.6 is 0 Å². The van der Waals surface area contributed by atoms with Crippen LogP contribution in [0.25, 0.3) is 11.1 Å². The Kier molecular flexibility index (Phi) is 4.92. The van der Waals surface area contributed by atoms with Crippen LogP contribution in [-0.2, 0) is 0 Å². The van der Waals surface area contributed by atoms with Crippen LogP contribution in [0.2, 0.25) is 0 Å². The van der Waals surface area contributed by atoms with Crippen molar-refractivity contribution in [3.05, 3.63) is 59.4 Å². The highest BCUT2D eigenvalue weighted by atomic mass is 19.1. The summed E-state index contributed by atoms with van der Waals surface area (Å²) >= 11 is 0. The summed E-state index contributed by atoms with van der Waals surface area (Å²) in [5.74, 6) is -0.208. The summed E-state index contributed by atoms with van der Waals surface area (Å²) in [6.07, 6.45) is 1.53. The van der Waals surface area contributed by atoms with E-state index < -0.39 is 18.0 Å². The first kappa shape index (κ1) is 18.3. The van der Waals surface area contributed by atoms with E-state index in [0.717, 1.165) is 0 Å². The molecule has 1 fully saturated rings. The van der Waals surface area contributed by atoms with Gasteiger partial charge in [-0.05, 0) is 29.7 Å². The second-order valence-electron chi connectivity index (χ2n) is 7.04. The average molecular weight is 380 g/mol. The number of carbonyl (C=O) groups is 1. The zero-order valence-corrected chi connectivity index (χ0v) is 15.3. The molecule has 2 aliphatic rings. The molecule has 1 saturated heterocycles. The summed E-state index contributed by atoms with van der Waals surface area (Å²) in [6.45, 7) is 1.15. The number of aliphatic hydroxyl groups is 1. The summed E-state index contributed by atoms with van der Waals surface area (Å²) in [4.78, 5) is 22.9. The fourth-order valence-corrected chi connectivity index (χ4v) is 3.61. The van der Waals surface area contributed by atoms with Gasteiger partial charge in [0.05, 0.1) is 24.9 Å². The molecule has 2 atom stereocenters. The van der Waals surface area contributed by atoms with Crippen molar-refractivity contribution < 1.29 is 14.3 Å². The van der Waals surface area contributed by atoms with Crippen LogP contribution in [0.15, 0.2) is 52.4 Å². The van der Waals surface area contributed by atoms with Crippen LogP contribution in [0.5, 0.6) is 0 Å². The molecule has 2 aromatic carbocycles. The van der Waals surface area contributed by atoms with Gasteiger partial charge in [-0.15, -0.1) is 0 Å². The van der Waals surface area contributed by atoms with Gasteiger partial charge in [0, 0.05) is 24.2 Å². The molecule has 3 N–H and O–H groups in total. The highest BCUT2D eigenvalue weighted by Gasteiger charge is 2.27. The summed E-state index contributed by atoms with van der Waals surface area (Å²) < 4.78 is 14.8. The number of nitrogens with two attached hydrogens (primary N) is 1. The van der Waals surface area contributed by atoms with E-state index in [1.807, 2.05) is 6.07 Å². The highest BCUT2D eigenvalue weighted by Crippen LogP contribution is 2.30. The number of benzene rings is 2. The minimum atomic E-state index is -0.486. The van der Waals surface area contributed by atoms with Crippen LogP contribution in [0.3, 0.4) is 0 Å². The van der Waals surface area contributed by atoms with Crippen molar-refractivity contribution in [2.45, 2.75) is 18.6 Å². The number of nitrogens with zero attached hydrogens (tertiary/aromatic N) is 3. The van der Waals surface area contributed by atoms with Gasteiger partial charge in [-0.3, -0.25) is 14.8 Å². The Balaban J connectivity index is 1.64. The Morgan fingerprint density at radius 2 is 2.07 bits per heavy atom. The van der Waals surface area contributed by atoms with Crippen molar-refractivity contribution in [3.63, 3.8) is 0 Å². The number of aliphatic imine (C=N–C) groups is 2. The first-order valence-electron chi connectivity index (χ1n) is 9.22. The molecule has 0 aliphatic carbocycles. The minimum Gasteiger partial charge on any atom is -0.391 e. The Morgan fingerprint density at radius 1 is 1.25 bits per heavy atom. The standard InChI is InChI=1S/C21H21FN4O2/c22-18-9-13(5-6-17(18)19-10-25-20(23)11-24-19)15-3-1-2-4-16(15)21(28)26-8-7-14(27)12-26/h1-6,9,11,14,19,27H,7-8,10,12H2,(H2,23,25)/t14-,19?/m0/s1. The second-order valence-corrected chi connectivity index (χ2v) is 7.04. The number of carbonyl (C=O) groups excluding carboxylic acids is 1. The van der Waals surface area contributed by atoms with E-state index in [-0.39, 0.29) is 5.91 Å². The van der Waals surface area contributed by atoms with Crippen LogP contribution in [0.4, 0.5) is 4.39 Å². The van der Waals surface area contributed by atoms with Crippen LogP contribution in [0.1, 0.15) is 28.4 Å². The summed E-state index contributed by atoms with van der Waals surface area (Å²) in [6, 6.07) is 11.6. The van der Waals surface area contributed by atoms with Crippen LogP contribution in [-0.4, -0.2) is 53.7 Å². The third kappa shape index (κ3) is 3.53. The van der Waals surface area contributed by atoms with Crippen LogP contribution < -0.4 is 5.73 Å². The van der Waals surface area contributed by atoms with E-state index in [1.165, 1.54) is 12.3 Å². The Morgan fingerprint density at radius 3 is 2.75 bits per heavy atom. The van der Waals surface area contributed by atoms with E-state index in [2.05, 4.69) is 9.98 Å². The number of amidine groups is 1. The molecule has 2 heterocycles. The molecule has 0 aromatic heterocycles. The molecule has 2 aliphatic heterocycles. The molecule has 144 valence electrons. The molecule has 1 amide bonds. The maximum atomic E-state index is 14.8. The van der Waals surface area contributed by atoms with Gasteiger partial charge < -0.3 is 15.7 Å². The van der Waals surface area contributed by atoms with Crippen molar-refractivity contribution in [2.75, 3.05) is 19.6 Å². The molecule has 2 aromatic rings. The van der Waals surface area contributed by atoms with E-state index in [4.69, 9.17) is 5.73 Å². The lowest BCUT2D eigenvalue weighted by atomic mass is 9.96. The number of β-amino-alcohol motifs (C(OH)–C–C–N with tert-alkyl or cyclic N) is 1. The number of likely N-dealkylation sites (tertiary alicyclic amines) is 1. The molecular weight excluding hydrogens is 359 g/mol. The van der Waals surface area contributed by atoms with Crippen molar-refractivity contribution in [3.8, 4) is 11.1 Å². The monoisotopic (exact) mass is 380 g/mol. The molecular formula is C21H21FN4O2. The molecule has 0 radical (unpaired) electrons. The second kappa shape index (κ2) is 7.52. The number of amides is 1. The quantitative estimate of drug-likeness (QED) is 0.855. The van der Waals surface area contributed by atoms with Gasteiger partial charge in [0.2, 0.25) is 0 Å². The third-order valence-corrected chi connectivity index (χ3v) is 5.11. The van der Waals surface area contributed by atoms with Crippen LogP contribution in [0, 0.1) is 5.82 Å². The number of halogens is 1. The Hall–Kier alpha value is -3.06. The molecule has 4 rings (SSSR count). The summed E-state index contributed by atoms with van der Waals surface area (Å²) in [5, 5.41) is 9.72. The number of hydrogen-bond donors (Lipinski definition) is 2. The zero-order valence-electron chi connectivity index (χ0n) is 15.3. The lowest BCUT2D eigenvalue weighted by molar-refractivity contribution is 0.0765. The third-order valence-electron chi connectivity index (χ3n) is 5.11. The van der Waals surface area contributed by atoms with Gasteiger partial charge in [-0.1, -0.05) is 30.3 Å². The predicted octanol–water partition coefficient (Wildman–Crippen LogP) is 2.18. The summed E-state index contributed by atoms with van der Waals surface area (Å²) in [7, 11) is 0. The van der Waals surface area contributed by atoms with Crippen molar-refractivity contribution in [2.24, 2.45) is 15.7 Å². The topological polar surface area (TPSA) is 91.3 Å². The maximum absolute atomic E-state index is 14.8. The largest absolute Gasteiger partial charge is 0.391 e. The lowest BCUT2D eigenvalue weighted by Crippen LogP contribution is -2.29. The minimum absolute atomic E-state index is 0.154. The van der Waals surface area contributed by atoms with E-state index >= 15 is 0 Å². The number of rotatable bonds is 3. The lowest BCUT2D eigenvalue weighted by Gasteiger charge is -2.19. The predicted molar refractivity (Wildman–Crippen MR) is 106 cm³/mol. The van der Waals surface area contributed by atoms with Crippen molar-refractivity contribution >= 4 is 18.0 Å². The first-order valence-corrected chi connectivity index (χ1v) is 9.22. The van der Waals surface area contributed by atoms with Gasteiger partial charge in [0.15, 0.2) is 0 Å². The fraction of sp³-hybridized carbons (Fsp3) is 0.286. The van der Waals surface area contributed by atoms with E-state index in [1.54, 1.807) is 35.2 Å². The number of hydrogen-bond acceptors (Lipinski definition) is 5. The van der Waals surface area contributed by atoms with Gasteiger partial charge in [0.25, 0.3) is 5.91 Å². The highest BCUT2D eigenvalue weighted by molar-refractivity contribution is 6.29. The van der Waals surface area contributed by atoms with Gasteiger partial charge in [-0.25, -0.2) is 4.39 Å². The smallest absolute Gasteiger partial charge is 0.254 e. The molecule has 0 bridgehead atoms. The van der Waals surface area contributed by atoms with Gasteiger partial charge in [0.1, 0.15) is 11.7 Å². The van der Waals surface area contributed by atoms with Gasteiger partial charge in [-0.2, -0.15) is 0 Å². The molecule has 0 saturated carbocycles. The average Bonchev–Trinajstić information content (AvgIpc) is 3.14. The molecule has 7 heteroatoms. The Labute approximate surface area is 162 Å². The van der Waals surface area contributed by atoms with E-state index in [9.17, 15) is 14.3 Å². The van der Waals surface area contributed by atoms with E-state index in [0.29, 0.717) is 54.1 Å². The molecule has 1 unspecified atom stereocenters. The van der Waals surface area contributed by atoms with Crippen molar-refractivity contribution in [1.29, 1.82) is 0 Å². The maximum Gasteiger partial charge on any atom is 0.254 e. The SMILES string of the molecule is NC1=NCC(c2ccc(-c3ccccc3C(=O)N3CC[C@H](O)C3)cc2F)N=C1. The first-order chi connectivity index (χ1) is 13.5. The number of aliphatic hydroxyl groups excluding tert-OH is 1. The molecule has 0 spiro atoms. The normalized spacial score (nSPS) is 21.6. The summed E-state index contributed by atoms with van der Waals surface area (Å²) in [5.41, 5.74) is 7.80. The molecule has 28 heavy (non-hydrogen) atoms. The Bertz CT molecular complexity index is 973. The molecule has 6 nitrogen and oxygen atoms in total. The van der Waals surface area contributed by atoms with Gasteiger partial charge >= 0.3 is 0 Å². The zero-order chi connectivity index (χ0) is 19.7. The fourth-order valence-electron chi connectivity index (χ4n) is 3.61.